The van der Waals surface area contributed by atoms with Gasteiger partial charge in [-0.2, -0.15) is 9.50 Å². The van der Waals surface area contributed by atoms with Gasteiger partial charge in [-0.15, -0.1) is 5.10 Å². The average Bonchev–Trinajstić information content (AvgIpc) is 3.17. The van der Waals surface area contributed by atoms with Crippen LogP contribution in [0.2, 0.25) is 0 Å². The van der Waals surface area contributed by atoms with E-state index in [9.17, 15) is 0 Å². The smallest absolute Gasteiger partial charge is 0.254 e. The van der Waals surface area contributed by atoms with Crippen molar-refractivity contribution in [1.82, 2.24) is 19.6 Å². The number of rotatable bonds is 4. The van der Waals surface area contributed by atoms with Crippen LogP contribution in [0.3, 0.4) is 0 Å². The molecule has 0 unspecified atom stereocenters. The standard InChI is InChI=1S/C18H22N6/c1-11(2)16-8-12(3)21-18-22-17(23-24(16)18)20-10-13-4-5-15-14(9-13)6-7-19-15/h4-5,8-9,11,19H,6-7,10H2,1-3H3,(H,20,23). The minimum atomic E-state index is 0.368. The van der Waals surface area contributed by atoms with Gasteiger partial charge in [0.25, 0.3) is 5.78 Å². The summed E-state index contributed by atoms with van der Waals surface area (Å²) in [6.07, 6.45) is 1.09. The fraction of sp³-hybridized carbons (Fsp3) is 0.389. The Hall–Kier alpha value is -2.63. The third-order valence-electron chi connectivity index (χ3n) is 4.39. The molecule has 0 atom stereocenters. The monoisotopic (exact) mass is 322 g/mol. The van der Waals surface area contributed by atoms with Crippen LogP contribution in [0.25, 0.3) is 5.78 Å². The Kier molecular flexibility index (Phi) is 3.59. The quantitative estimate of drug-likeness (QED) is 0.772. The molecule has 0 aliphatic carbocycles. The van der Waals surface area contributed by atoms with E-state index >= 15 is 0 Å². The van der Waals surface area contributed by atoms with Crippen molar-refractivity contribution in [2.45, 2.75) is 39.7 Å². The molecule has 1 aromatic carbocycles. The maximum atomic E-state index is 4.58. The fourth-order valence-electron chi connectivity index (χ4n) is 3.15. The van der Waals surface area contributed by atoms with E-state index in [-0.39, 0.29) is 0 Å². The van der Waals surface area contributed by atoms with Gasteiger partial charge < -0.3 is 10.6 Å². The lowest BCUT2D eigenvalue weighted by molar-refractivity contribution is 0.745. The van der Waals surface area contributed by atoms with E-state index in [1.54, 1.807) is 0 Å². The van der Waals surface area contributed by atoms with Crippen LogP contribution in [-0.4, -0.2) is 26.1 Å². The lowest BCUT2D eigenvalue weighted by atomic mass is 10.1. The van der Waals surface area contributed by atoms with Gasteiger partial charge in [0.15, 0.2) is 0 Å². The van der Waals surface area contributed by atoms with Crippen molar-refractivity contribution in [3.8, 4) is 0 Å². The Balaban J connectivity index is 1.58. The molecule has 0 bridgehead atoms. The van der Waals surface area contributed by atoms with Gasteiger partial charge in [0, 0.05) is 24.5 Å². The number of aromatic nitrogens is 4. The Morgan fingerprint density at radius 2 is 2.12 bits per heavy atom. The van der Waals surface area contributed by atoms with Crippen LogP contribution < -0.4 is 10.6 Å². The molecule has 6 nitrogen and oxygen atoms in total. The first kappa shape index (κ1) is 14.9. The number of aryl methyl sites for hydroxylation is 1. The molecular formula is C18H22N6. The van der Waals surface area contributed by atoms with Crippen molar-refractivity contribution >= 4 is 17.4 Å². The molecule has 0 amide bonds. The zero-order valence-corrected chi connectivity index (χ0v) is 14.3. The highest BCUT2D eigenvalue weighted by Crippen LogP contribution is 2.23. The summed E-state index contributed by atoms with van der Waals surface area (Å²) in [7, 11) is 0. The first-order valence-electron chi connectivity index (χ1n) is 8.44. The van der Waals surface area contributed by atoms with Crippen LogP contribution >= 0.6 is 0 Å². The second kappa shape index (κ2) is 5.78. The molecule has 3 heterocycles. The summed E-state index contributed by atoms with van der Waals surface area (Å²) in [5.41, 5.74) is 5.98. The highest BCUT2D eigenvalue weighted by molar-refractivity contribution is 5.56. The third kappa shape index (κ3) is 2.68. The zero-order valence-electron chi connectivity index (χ0n) is 14.3. The summed E-state index contributed by atoms with van der Waals surface area (Å²) in [5, 5.41) is 11.3. The summed E-state index contributed by atoms with van der Waals surface area (Å²) < 4.78 is 1.84. The number of hydrogen-bond acceptors (Lipinski definition) is 5. The van der Waals surface area contributed by atoms with Crippen molar-refractivity contribution in [2.24, 2.45) is 0 Å². The van der Waals surface area contributed by atoms with E-state index in [0.29, 0.717) is 24.2 Å². The van der Waals surface area contributed by atoms with E-state index in [2.05, 4.69) is 63.8 Å². The van der Waals surface area contributed by atoms with Crippen molar-refractivity contribution in [3.63, 3.8) is 0 Å². The van der Waals surface area contributed by atoms with E-state index in [0.717, 1.165) is 24.4 Å². The van der Waals surface area contributed by atoms with E-state index in [1.807, 2.05) is 11.4 Å². The first-order valence-corrected chi connectivity index (χ1v) is 8.44. The summed E-state index contributed by atoms with van der Waals surface area (Å²) in [4.78, 5) is 9.00. The topological polar surface area (TPSA) is 67.1 Å². The van der Waals surface area contributed by atoms with Gasteiger partial charge in [-0.25, -0.2) is 4.98 Å². The van der Waals surface area contributed by atoms with Crippen LogP contribution in [0.5, 0.6) is 0 Å². The van der Waals surface area contributed by atoms with Crippen molar-refractivity contribution in [2.75, 3.05) is 17.2 Å². The fourth-order valence-corrected chi connectivity index (χ4v) is 3.15. The van der Waals surface area contributed by atoms with Crippen LogP contribution in [0, 0.1) is 6.92 Å². The molecule has 6 heteroatoms. The van der Waals surface area contributed by atoms with Gasteiger partial charge in [-0.05, 0) is 42.5 Å². The molecule has 0 saturated heterocycles. The van der Waals surface area contributed by atoms with Crippen LogP contribution in [-0.2, 0) is 13.0 Å². The normalized spacial score (nSPS) is 13.3. The van der Waals surface area contributed by atoms with Gasteiger partial charge in [0.05, 0.1) is 5.69 Å². The van der Waals surface area contributed by atoms with Gasteiger partial charge in [0.1, 0.15) is 0 Å². The summed E-state index contributed by atoms with van der Waals surface area (Å²) in [6, 6.07) is 8.61. The lowest BCUT2D eigenvalue weighted by Crippen LogP contribution is -2.04. The second-order valence-corrected chi connectivity index (χ2v) is 6.65. The van der Waals surface area contributed by atoms with Gasteiger partial charge >= 0.3 is 0 Å². The number of fused-ring (bicyclic) bond motifs is 2. The second-order valence-electron chi connectivity index (χ2n) is 6.65. The van der Waals surface area contributed by atoms with E-state index in [1.165, 1.54) is 16.8 Å². The maximum Gasteiger partial charge on any atom is 0.254 e. The minimum absolute atomic E-state index is 0.368. The molecule has 2 aromatic heterocycles. The molecule has 4 rings (SSSR count). The number of anilines is 2. The van der Waals surface area contributed by atoms with Crippen LogP contribution in [0.15, 0.2) is 24.3 Å². The Labute approximate surface area is 141 Å². The van der Waals surface area contributed by atoms with Gasteiger partial charge in [-0.3, -0.25) is 0 Å². The van der Waals surface area contributed by atoms with Crippen molar-refractivity contribution in [1.29, 1.82) is 0 Å². The number of nitrogens with zero attached hydrogens (tertiary/aromatic N) is 4. The zero-order chi connectivity index (χ0) is 16.7. The predicted octanol–water partition coefficient (Wildman–Crippen LogP) is 3.14. The van der Waals surface area contributed by atoms with E-state index in [4.69, 9.17) is 0 Å². The molecular weight excluding hydrogens is 300 g/mol. The molecule has 0 spiro atoms. The molecule has 1 aliphatic rings. The van der Waals surface area contributed by atoms with Crippen LogP contribution in [0.1, 0.15) is 42.3 Å². The molecule has 2 N–H and O–H groups in total. The van der Waals surface area contributed by atoms with Crippen molar-refractivity contribution in [3.05, 3.63) is 46.8 Å². The molecule has 0 radical (unpaired) electrons. The number of nitrogens with one attached hydrogen (secondary N) is 2. The SMILES string of the molecule is Cc1cc(C(C)C)n2nc(NCc3ccc4c(c3)CCN4)nc2n1. The van der Waals surface area contributed by atoms with E-state index < -0.39 is 0 Å². The highest BCUT2D eigenvalue weighted by atomic mass is 15.4. The molecule has 24 heavy (non-hydrogen) atoms. The largest absolute Gasteiger partial charge is 0.384 e. The maximum absolute atomic E-state index is 4.58. The molecule has 0 fully saturated rings. The number of hydrogen-bond donors (Lipinski definition) is 2. The Bertz CT molecular complexity index is 896. The number of benzene rings is 1. The summed E-state index contributed by atoms with van der Waals surface area (Å²) in [5.74, 6) is 1.64. The molecule has 3 aromatic rings. The highest BCUT2D eigenvalue weighted by Gasteiger charge is 2.13. The van der Waals surface area contributed by atoms with Crippen molar-refractivity contribution < 1.29 is 0 Å². The van der Waals surface area contributed by atoms with Gasteiger partial charge in [0.2, 0.25) is 5.95 Å². The Morgan fingerprint density at radius 3 is 2.96 bits per heavy atom. The summed E-state index contributed by atoms with van der Waals surface area (Å²) >= 11 is 0. The predicted molar refractivity (Wildman–Crippen MR) is 95.6 cm³/mol. The Morgan fingerprint density at radius 1 is 1.25 bits per heavy atom. The molecule has 0 saturated carbocycles. The first-order chi connectivity index (χ1) is 11.6. The molecule has 124 valence electrons. The van der Waals surface area contributed by atoms with Gasteiger partial charge in [-0.1, -0.05) is 26.0 Å². The minimum Gasteiger partial charge on any atom is -0.384 e. The summed E-state index contributed by atoms with van der Waals surface area (Å²) in [6.45, 7) is 8.04. The molecule has 1 aliphatic heterocycles. The van der Waals surface area contributed by atoms with Crippen LogP contribution in [0.4, 0.5) is 11.6 Å². The average molecular weight is 322 g/mol. The lowest BCUT2D eigenvalue weighted by Gasteiger charge is -2.07. The third-order valence-corrected chi connectivity index (χ3v) is 4.39.